The summed E-state index contributed by atoms with van der Waals surface area (Å²) in [5.74, 6) is 0.732. The maximum atomic E-state index is 11.9. The number of carbonyl (C=O) groups excluding carboxylic acids is 1. The third-order valence-electron chi connectivity index (χ3n) is 3.48. The van der Waals surface area contributed by atoms with Crippen LogP contribution in [0.2, 0.25) is 0 Å². The third kappa shape index (κ3) is 5.62. The van der Waals surface area contributed by atoms with E-state index >= 15 is 0 Å². The SMILES string of the molecule is Cc1ccc(/C=C/C(=O)NC(C)COc2ccccc2C)cc1. The number of aryl methyl sites for hydroxylation is 2. The van der Waals surface area contributed by atoms with E-state index in [1.165, 1.54) is 5.56 Å². The normalized spacial score (nSPS) is 12.1. The van der Waals surface area contributed by atoms with Crippen molar-refractivity contribution >= 4 is 12.0 Å². The van der Waals surface area contributed by atoms with Gasteiger partial charge in [-0.15, -0.1) is 0 Å². The van der Waals surface area contributed by atoms with E-state index in [1.807, 2.05) is 75.4 Å². The molecule has 1 amide bonds. The number of nitrogens with one attached hydrogen (secondary N) is 1. The van der Waals surface area contributed by atoms with Crippen LogP contribution in [-0.4, -0.2) is 18.6 Å². The van der Waals surface area contributed by atoms with Gasteiger partial charge >= 0.3 is 0 Å². The Hall–Kier alpha value is -2.55. The minimum Gasteiger partial charge on any atom is -0.491 e. The van der Waals surface area contributed by atoms with Gasteiger partial charge in [-0.3, -0.25) is 4.79 Å². The summed E-state index contributed by atoms with van der Waals surface area (Å²) in [6.45, 7) is 6.41. The first-order chi connectivity index (χ1) is 11.0. The van der Waals surface area contributed by atoms with E-state index in [9.17, 15) is 4.79 Å². The highest BCUT2D eigenvalue weighted by Crippen LogP contribution is 2.16. The molecule has 2 aromatic rings. The molecule has 0 fully saturated rings. The predicted octanol–water partition coefficient (Wildman–Crippen LogP) is 3.90. The van der Waals surface area contributed by atoms with Gasteiger partial charge in [-0.25, -0.2) is 0 Å². The van der Waals surface area contributed by atoms with Crippen molar-refractivity contribution in [2.45, 2.75) is 26.8 Å². The summed E-state index contributed by atoms with van der Waals surface area (Å²) in [5, 5.41) is 2.90. The third-order valence-corrected chi connectivity index (χ3v) is 3.48. The number of para-hydroxylation sites is 1. The molecule has 1 unspecified atom stereocenters. The molecule has 0 radical (unpaired) electrons. The monoisotopic (exact) mass is 309 g/mol. The molecule has 1 N–H and O–H groups in total. The fourth-order valence-electron chi connectivity index (χ4n) is 2.12. The molecule has 3 heteroatoms. The van der Waals surface area contributed by atoms with Gasteiger partial charge in [0.15, 0.2) is 0 Å². The molecule has 0 bridgehead atoms. The molecule has 0 heterocycles. The molecule has 0 saturated heterocycles. The smallest absolute Gasteiger partial charge is 0.244 e. The maximum absolute atomic E-state index is 11.9. The molecule has 0 aliphatic carbocycles. The average Bonchev–Trinajstić information content (AvgIpc) is 2.53. The van der Waals surface area contributed by atoms with Gasteiger partial charge in [0.25, 0.3) is 0 Å². The fourth-order valence-corrected chi connectivity index (χ4v) is 2.12. The van der Waals surface area contributed by atoms with Crippen LogP contribution >= 0.6 is 0 Å². The van der Waals surface area contributed by atoms with Crippen LogP contribution in [0.15, 0.2) is 54.6 Å². The Morgan fingerprint density at radius 3 is 2.52 bits per heavy atom. The second-order valence-corrected chi connectivity index (χ2v) is 5.73. The Balaban J connectivity index is 1.80. The van der Waals surface area contributed by atoms with Crippen LogP contribution in [0.25, 0.3) is 6.08 Å². The molecule has 0 saturated carbocycles. The van der Waals surface area contributed by atoms with E-state index < -0.39 is 0 Å². The predicted molar refractivity (Wildman–Crippen MR) is 94.5 cm³/mol. The average molecular weight is 309 g/mol. The van der Waals surface area contributed by atoms with E-state index in [4.69, 9.17) is 4.74 Å². The van der Waals surface area contributed by atoms with Gasteiger partial charge in [0.05, 0.1) is 6.04 Å². The van der Waals surface area contributed by atoms with Crippen LogP contribution in [0.1, 0.15) is 23.6 Å². The Kier molecular flexibility index (Phi) is 5.98. The highest BCUT2D eigenvalue weighted by Gasteiger charge is 2.06. The lowest BCUT2D eigenvalue weighted by Crippen LogP contribution is -2.35. The van der Waals surface area contributed by atoms with Gasteiger partial charge < -0.3 is 10.1 Å². The summed E-state index contributed by atoms with van der Waals surface area (Å²) < 4.78 is 5.74. The summed E-state index contributed by atoms with van der Waals surface area (Å²) in [5.41, 5.74) is 3.30. The summed E-state index contributed by atoms with van der Waals surface area (Å²) in [6.07, 6.45) is 3.36. The number of carbonyl (C=O) groups is 1. The Morgan fingerprint density at radius 2 is 1.83 bits per heavy atom. The van der Waals surface area contributed by atoms with E-state index in [0.717, 1.165) is 16.9 Å². The Labute approximate surface area is 138 Å². The zero-order valence-corrected chi connectivity index (χ0v) is 13.9. The van der Waals surface area contributed by atoms with E-state index in [0.29, 0.717) is 6.61 Å². The van der Waals surface area contributed by atoms with Crippen molar-refractivity contribution in [3.05, 3.63) is 71.3 Å². The van der Waals surface area contributed by atoms with Crippen molar-refractivity contribution in [2.24, 2.45) is 0 Å². The van der Waals surface area contributed by atoms with Crippen molar-refractivity contribution in [1.82, 2.24) is 5.32 Å². The maximum Gasteiger partial charge on any atom is 0.244 e. The van der Waals surface area contributed by atoms with Gasteiger partial charge in [0, 0.05) is 6.08 Å². The van der Waals surface area contributed by atoms with Crippen molar-refractivity contribution in [3.8, 4) is 5.75 Å². The topological polar surface area (TPSA) is 38.3 Å². The van der Waals surface area contributed by atoms with Crippen LogP contribution in [0.5, 0.6) is 5.75 Å². The van der Waals surface area contributed by atoms with Crippen LogP contribution in [-0.2, 0) is 4.79 Å². The van der Waals surface area contributed by atoms with Gasteiger partial charge in [-0.05, 0) is 44.0 Å². The quantitative estimate of drug-likeness (QED) is 0.822. The van der Waals surface area contributed by atoms with Gasteiger partial charge in [0.1, 0.15) is 12.4 Å². The molecule has 3 nitrogen and oxygen atoms in total. The lowest BCUT2D eigenvalue weighted by atomic mass is 10.1. The first kappa shape index (κ1) is 16.8. The molecule has 1 atom stereocenters. The fraction of sp³-hybridized carbons (Fsp3) is 0.250. The van der Waals surface area contributed by atoms with Crippen LogP contribution < -0.4 is 10.1 Å². The number of amides is 1. The van der Waals surface area contributed by atoms with Crippen molar-refractivity contribution < 1.29 is 9.53 Å². The molecule has 120 valence electrons. The van der Waals surface area contributed by atoms with E-state index in [-0.39, 0.29) is 11.9 Å². The first-order valence-electron chi connectivity index (χ1n) is 7.78. The number of hydrogen-bond donors (Lipinski definition) is 1. The number of rotatable bonds is 6. The van der Waals surface area contributed by atoms with Gasteiger partial charge in [-0.2, -0.15) is 0 Å². The van der Waals surface area contributed by atoms with Crippen molar-refractivity contribution in [1.29, 1.82) is 0 Å². The zero-order valence-electron chi connectivity index (χ0n) is 13.9. The second kappa shape index (κ2) is 8.18. The van der Waals surface area contributed by atoms with Crippen molar-refractivity contribution in [3.63, 3.8) is 0 Å². The number of hydrogen-bond acceptors (Lipinski definition) is 2. The summed E-state index contributed by atoms with van der Waals surface area (Å²) in [7, 11) is 0. The highest BCUT2D eigenvalue weighted by molar-refractivity contribution is 5.91. The molecular weight excluding hydrogens is 286 g/mol. The minimum absolute atomic E-state index is 0.0650. The lowest BCUT2D eigenvalue weighted by Gasteiger charge is -2.15. The number of ether oxygens (including phenoxy) is 1. The number of benzene rings is 2. The minimum atomic E-state index is -0.119. The molecular formula is C20H23NO2. The van der Waals surface area contributed by atoms with Crippen LogP contribution in [0.3, 0.4) is 0 Å². The van der Waals surface area contributed by atoms with E-state index in [2.05, 4.69) is 5.32 Å². The van der Waals surface area contributed by atoms with Crippen LogP contribution in [0.4, 0.5) is 0 Å². The summed E-state index contributed by atoms with van der Waals surface area (Å²) in [4.78, 5) is 11.9. The molecule has 0 aliphatic heterocycles. The molecule has 2 rings (SSSR count). The summed E-state index contributed by atoms with van der Waals surface area (Å²) >= 11 is 0. The van der Waals surface area contributed by atoms with E-state index in [1.54, 1.807) is 6.08 Å². The molecule has 0 aliphatic rings. The largest absolute Gasteiger partial charge is 0.491 e. The first-order valence-corrected chi connectivity index (χ1v) is 7.78. The second-order valence-electron chi connectivity index (χ2n) is 5.73. The van der Waals surface area contributed by atoms with Crippen LogP contribution in [0, 0.1) is 13.8 Å². The molecule has 2 aromatic carbocycles. The molecule has 0 aromatic heterocycles. The van der Waals surface area contributed by atoms with Crippen molar-refractivity contribution in [2.75, 3.05) is 6.61 Å². The highest BCUT2D eigenvalue weighted by atomic mass is 16.5. The zero-order chi connectivity index (χ0) is 16.7. The van der Waals surface area contributed by atoms with Gasteiger partial charge in [-0.1, -0.05) is 48.0 Å². The Morgan fingerprint density at radius 1 is 1.13 bits per heavy atom. The molecule has 23 heavy (non-hydrogen) atoms. The standard InChI is InChI=1S/C20H23NO2/c1-15-8-10-18(11-9-15)12-13-20(22)21-17(3)14-23-19-7-5-4-6-16(19)2/h4-13,17H,14H2,1-3H3,(H,21,22)/b13-12+. The lowest BCUT2D eigenvalue weighted by molar-refractivity contribution is -0.117. The Bertz CT molecular complexity index is 674. The molecule has 0 spiro atoms. The van der Waals surface area contributed by atoms with Gasteiger partial charge in [0.2, 0.25) is 5.91 Å². The summed E-state index contributed by atoms with van der Waals surface area (Å²) in [6, 6.07) is 15.8.